The number of nitrogens with two attached hydrogens (primary N) is 1. The summed E-state index contributed by atoms with van der Waals surface area (Å²) in [5.74, 6) is 4.57. The van der Waals surface area contributed by atoms with Crippen LogP contribution < -0.4 is 16.8 Å². The normalized spacial score (nSPS) is 10.2. The summed E-state index contributed by atoms with van der Waals surface area (Å²) in [6.45, 7) is 0. The molecule has 0 unspecified atom stereocenters. The molecule has 0 aliphatic carbocycles. The van der Waals surface area contributed by atoms with Gasteiger partial charge in [0.15, 0.2) is 0 Å². The van der Waals surface area contributed by atoms with Crippen LogP contribution in [0.1, 0.15) is 10.4 Å². The number of amides is 1. The minimum Gasteiger partial charge on any atom is -0.313 e. The highest BCUT2D eigenvalue weighted by Gasteiger charge is 2.05. The van der Waals surface area contributed by atoms with Crippen LogP contribution in [0.4, 0.5) is 0 Å². The van der Waals surface area contributed by atoms with E-state index in [4.69, 9.17) is 5.84 Å². The molecule has 4 N–H and O–H groups in total. The number of nitrogens with zero attached hydrogens (tertiary/aromatic N) is 1. The van der Waals surface area contributed by atoms with Crippen molar-refractivity contribution in [2.45, 2.75) is 0 Å². The van der Waals surface area contributed by atoms with Crippen LogP contribution in [0, 0.1) is 0 Å². The van der Waals surface area contributed by atoms with Gasteiger partial charge in [0.2, 0.25) is 0 Å². The van der Waals surface area contributed by atoms with Gasteiger partial charge in [0.05, 0.1) is 17.2 Å². The largest absolute Gasteiger partial charge is 0.313 e. The number of nitrogens with one attached hydrogen (secondary N) is 2. The van der Waals surface area contributed by atoms with E-state index in [0.717, 1.165) is 0 Å². The maximum absolute atomic E-state index is 11.3. The van der Waals surface area contributed by atoms with Crippen molar-refractivity contribution in [2.24, 2.45) is 5.84 Å². The van der Waals surface area contributed by atoms with E-state index in [1.165, 1.54) is 24.5 Å². The Bertz CT molecular complexity index is 576. The molecule has 0 radical (unpaired) electrons. The second-order valence-corrected chi connectivity index (χ2v) is 2.94. The molecule has 0 saturated heterocycles. The van der Waals surface area contributed by atoms with E-state index in [-0.39, 0.29) is 5.56 Å². The molecule has 2 aromatic rings. The number of hydrogen-bond donors (Lipinski definition) is 3. The number of carbonyl (C=O) groups is 1. The molecule has 1 aromatic carbocycles. The van der Waals surface area contributed by atoms with Gasteiger partial charge < -0.3 is 4.98 Å². The van der Waals surface area contributed by atoms with Crippen molar-refractivity contribution in [1.82, 2.24) is 15.4 Å². The summed E-state index contributed by atoms with van der Waals surface area (Å²) in [6.07, 6.45) is 1.29. The Morgan fingerprint density at radius 1 is 1.47 bits per heavy atom. The van der Waals surface area contributed by atoms with Crippen molar-refractivity contribution < 1.29 is 4.79 Å². The fourth-order valence-corrected chi connectivity index (χ4v) is 1.29. The van der Waals surface area contributed by atoms with E-state index in [2.05, 4.69) is 9.97 Å². The lowest BCUT2D eigenvalue weighted by molar-refractivity contribution is 0.0954. The molecule has 1 heterocycles. The second kappa shape index (κ2) is 3.50. The van der Waals surface area contributed by atoms with Gasteiger partial charge in [-0.1, -0.05) is 0 Å². The number of hydrazine groups is 1. The van der Waals surface area contributed by atoms with Gasteiger partial charge in [0.25, 0.3) is 11.5 Å². The number of hydrogen-bond acceptors (Lipinski definition) is 4. The summed E-state index contributed by atoms with van der Waals surface area (Å²) < 4.78 is 0. The molecular weight excluding hydrogens is 196 g/mol. The third-order valence-electron chi connectivity index (χ3n) is 2.03. The predicted molar refractivity (Wildman–Crippen MR) is 54.0 cm³/mol. The first-order chi connectivity index (χ1) is 7.22. The number of fused-ring (bicyclic) bond motifs is 1. The molecule has 0 fully saturated rings. The van der Waals surface area contributed by atoms with Gasteiger partial charge in [-0.2, -0.15) is 0 Å². The minimum atomic E-state index is -0.418. The Hall–Kier alpha value is -2.21. The predicted octanol–water partition coefficient (Wildman–Crippen LogP) is -0.473. The summed E-state index contributed by atoms with van der Waals surface area (Å²) >= 11 is 0. The van der Waals surface area contributed by atoms with E-state index in [9.17, 15) is 9.59 Å². The highest BCUT2D eigenvalue weighted by Crippen LogP contribution is 2.08. The van der Waals surface area contributed by atoms with Gasteiger partial charge in [0.1, 0.15) is 0 Å². The van der Waals surface area contributed by atoms with Crippen molar-refractivity contribution in [3.63, 3.8) is 0 Å². The molecule has 0 spiro atoms. The van der Waals surface area contributed by atoms with Crippen molar-refractivity contribution in [3.8, 4) is 0 Å². The Kier molecular flexibility index (Phi) is 2.18. The minimum absolute atomic E-state index is 0.236. The first-order valence-corrected chi connectivity index (χ1v) is 4.21. The quantitative estimate of drug-likeness (QED) is 0.332. The van der Waals surface area contributed by atoms with Crippen LogP contribution in [0.5, 0.6) is 0 Å². The average Bonchev–Trinajstić information content (AvgIpc) is 2.28. The third-order valence-corrected chi connectivity index (χ3v) is 2.03. The summed E-state index contributed by atoms with van der Waals surface area (Å²) in [6, 6.07) is 4.56. The van der Waals surface area contributed by atoms with Crippen LogP contribution in [0.15, 0.2) is 29.3 Å². The number of nitrogen functional groups attached to an aromatic ring is 1. The molecule has 0 saturated carbocycles. The lowest BCUT2D eigenvalue weighted by Gasteiger charge is -2.00. The summed E-state index contributed by atoms with van der Waals surface area (Å²) in [7, 11) is 0. The van der Waals surface area contributed by atoms with E-state index in [0.29, 0.717) is 16.5 Å². The summed E-state index contributed by atoms with van der Waals surface area (Å²) in [5, 5.41) is 0.436. The van der Waals surface area contributed by atoms with Gasteiger partial charge >= 0.3 is 0 Å². The topological polar surface area (TPSA) is 101 Å². The smallest absolute Gasteiger partial charge is 0.265 e. The maximum atomic E-state index is 11.3. The van der Waals surface area contributed by atoms with Crippen molar-refractivity contribution in [3.05, 3.63) is 40.4 Å². The Balaban J connectivity index is 2.67. The van der Waals surface area contributed by atoms with E-state index < -0.39 is 5.91 Å². The monoisotopic (exact) mass is 204 g/mol. The number of aromatic nitrogens is 2. The van der Waals surface area contributed by atoms with Crippen LogP contribution in [-0.2, 0) is 0 Å². The highest BCUT2D eigenvalue weighted by molar-refractivity contribution is 5.97. The zero-order valence-electron chi connectivity index (χ0n) is 7.65. The van der Waals surface area contributed by atoms with Gasteiger partial charge in [-0.05, 0) is 18.2 Å². The zero-order valence-corrected chi connectivity index (χ0v) is 7.65. The van der Waals surface area contributed by atoms with Gasteiger partial charge in [-0.3, -0.25) is 15.0 Å². The molecule has 6 nitrogen and oxygen atoms in total. The summed E-state index contributed by atoms with van der Waals surface area (Å²) in [4.78, 5) is 28.9. The average molecular weight is 204 g/mol. The van der Waals surface area contributed by atoms with E-state index in [1.807, 2.05) is 5.43 Å². The number of benzene rings is 1. The molecule has 1 aromatic heterocycles. The molecular formula is C9H8N4O2. The number of H-pyrrole nitrogens is 1. The molecule has 0 atom stereocenters. The molecule has 76 valence electrons. The standard InChI is InChI=1S/C9H8N4O2/c10-13-8(14)5-1-2-6-7(3-5)11-4-12-9(6)15/h1-4H,10H2,(H,13,14)(H,11,12,15). The maximum Gasteiger partial charge on any atom is 0.265 e. The Labute approximate surface area is 84.1 Å². The lowest BCUT2D eigenvalue weighted by Crippen LogP contribution is -2.30. The fraction of sp³-hybridized carbons (Fsp3) is 0. The fourth-order valence-electron chi connectivity index (χ4n) is 1.29. The Morgan fingerprint density at radius 2 is 2.27 bits per heavy atom. The molecule has 15 heavy (non-hydrogen) atoms. The molecule has 0 aliphatic rings. The second-order valence-electron chi connectivity index (χ2n) is 2.94. The SMILES string of the molecule is NNC(=O)c1ccc2c(=O)[nH]cnc2c1. The van der Waals surface area contributed by atoms with Gasteiger partial charge in [-0.15, -0.1) is 0 Å². The van der Waals surface area contributed by atoms with Crippen LogP contribution >= 0.6 is 0 Å². The highest BCUT2D eigenvalue weighted by atomic mass is 16.2. The van der Waals surface area contributed by atoms with E-state index >= 15 is 0 Å². The Morgan fingerprint density at radius 3 is 3.00 bits per heavy atom. The molecule has 0 aliphatic heterocycles. The molecule has 2 rings (SSSR count). The lowest BCUT2D eigenvalue weighted by atomic mass is 10.1. The van der Waals surface area contributed by atoms with Crippen molar-refractivity contribution in [2.75, 3.05) is 0 Å². The number of rotatable bonds is 1. The zero-order chi connectivity index (χ0) is 10.8. The van der Waals surface area contributed by atoms with Crippen molar-refractivity contribution in [1.29, 1.82) is 0 Å². The third kappa shape index (κ3) is 1.57. The van der Waals surface area contributed by atoms with Crippen molar-refractivity contribution >= 4 is 16.8 Å². The number of aromatic amines is 1. The van der Waals surface area contributed by atoms with Crippen LogP contribution in [-0.4, -0.2) is 15.9 Å². The van der Waals surface area contributed by atoms with E-state index in [1.54, 1.807) is 0 Å². The van der Waals surface area contributed by atoms with Gasteiger partial charge in [0, 0.05) is 5.56 Å². The number of carbonyl (C=O) groups excluding carboxylic acids is 1. The summed E-state index contributed by atoms with van der Waals surface area (Å²) in [5.41, 5.74) is 2.59. The molecule has 6 heteroatoms. The van der Waals surface area contributed by atoms with Crippen LogP contribution in [0.2, 0.25) is 0 Å². The first kappa shape index (κ1) is 9.35. The van der Waals surface area contributed by atoms with Crippen LogP contribution in [0.25, 0.3) is 10.9 Å². The van der Waals surface area contributed by atoms with Gasteiger partial charge in [-0.25, -0.2) is 10.8 Å². The molecule has 1 amide bonds. The first-order valence-electron chi connectivity index (χ1n) is 4.21. The van der Waals surface area contributed by atoms with Crippen LogP contribution in [0.3, 0.4) is 0 Å². The molecule has 0 bridgehead atoms.